The third-order valence-electron chi connectivity index (χ3n) is 1.68. The molecule has 0 aliphatic carbocycles. The largest absolute Gasteiger partial charge is 0.376 e. The van der Waals surface area contributed by atoms with Crippen LogP contribution in [-0.2, 0) is 4.79 Å². The Bertz CT molecular complexity index is 328. The molecule has 0 saturated heterocycles. The molecule has 0 saturated carbocycles. The zero-order valence-electron chi connectivity index (χ0n) is 8.12. The van der Waals surface area contributed by atoms with Crippen molar-refractivity contribution in [2.24, 2.45) is 0 Å². The highest BCUT2D eigenvalue weighted by Crippen LogP contribution is 2.21. The molecule has 1 aromatic heterocycles. The molecule has 0 atom stereocenters. The molecular weight excluding hydrogens is 246 g/mol. The van der Waals surface area contributed by atoms with Crippen LogP contribution >= 0.6 is 15.9 Å². The average Bonchev–Trinajstić information content (AvgIpc) is 2.18. The Morgan fingerprint density at radius 3 is 2.93 bits per heavy atom. The topological polar surface area (TPSA) is 45.2 Å². The van der Waals surface area contributed by atoms with Crippen LogP contribution < -0.4 is 10.2 Å². The van der Waals surface area contributed by atoms with Gasteiger partial charge in [0.15, 0.2) is 0 Å². The first-order chi connectivity index (χ1) is 6.65. The summed E-state index contributed by atoms with van der Waals surface area (Å²) in [6.07, 6.45) is 3.33. The monoisotopic (exact) mass is 257 g/mol. The summed E-state index contributed by atoms with van der Waals surface area (Å²) in [5.41, 5.74) is 1.66. The van der Waals surface area contributed by atoms with Crippen molar-refractivity contribution >= 4 is 33.2 Å². The molecule has 1 N–H and O–H groups in total. The van der Waals surface area contributed by atoms with Gasteiger partial charge in [0.05, 0.1) is 22.9 Å². The number of aromatic nitrogens is 1. The Morgan fingerprint density at radius 2 is 2.36 bits per heavy atom. The van der Waals surface area contributed by atoms with Crippen molar-refractivity contribution in [1.29, 1.82) is 0 Å². The van der Waals surface area contributed by atoms with Gasteiger partial charge in [-0.3, -0.25) is 9.78 Å². The van der Waals surface area contributed by atoms with Crippen LogP contribution in [0, 0.1) is 0 Å². The minimum absolute atomic E-state index is 0.0823. The Morgan fingerprint density at radius 1 is 1.64 bits per heavy atom. The van der Waals surface area contributed by atoms with Gasteiger partial charge >= 0.3 is 0 Å². The quantitative estimate of drug-likeness (QED) is 0.835. The summed E-state index contributed by atoms with van der Waals surface area (Å²) in [4.78, 5) is 17.0. The van der Waals surface area contributed by atoms with Crippen LogP contribution in [0.5, 0.6) is 0 Å². The van der Waals surface area contributed by atoms with Gasteiger partial charge in [-0.15, -0.1) is 0 Å². The minimum atomic E-state index is -0.0823. The van der Waals surface area contributed by atoms with Crippen molar-refractivity contribution in [3.63, 3.8) is 0 Å². The smallest absolute Gasteiger partial charge is 0.235 e. The number of hydrogen-bond donors (Lipinski definition) is 1. The fourth-order valence-electron chi connectivity index (χ4n) is 1.06. The number of nitrogens with one attached hydrogen (secondary N) is 1. The van der Waals surface area contributed by atoms with E-state index < -0.39 is 0 Å². The third-order valence-corrected chi connectivity index (χ3v) is 2.18. The van der Waals surface area contributed by atoms with Gasteiger partial charge in [0.25, 0.3) is 0 Å². The standard InChI is InChI=1S/C9H12BrN3O/c1-13(2)8-3-4-11-6-7(8)12-9(14)5-10/h3-4,6H,5H2,1-2H3,(H,12,14). The Labute approximate surface area is 91.4 Å². The molecule has 1 aromatic rings. The lowest BCUT2D eigenvalue weighted by molar-refractivity contribution is -0.113. The summed E-state index contributed by atoms with van der Waals surface area (Å²) in [6, 6.07) is 1.85. The van der Waals surface area contributed by atoms with Gasteiger partial charge < -0.3 is 10.2 Å². The second kappa shape index (κ2) is 4.95. The molecule has 1 amide bonds. The first kappa shape index (κ1) is 11.0. The molecule has 4 nitrogen and oxygen atoms in total. The number of pyridine rings is 1. The van der Waals surface area contributed by atoms with Crippen LogP contribution in [0.2, 0.25) is 0 Å². The molecule has 0 bridgehead atoms. The van der Waals surface area contributed by atoms with Gasteiger partial charge in [-0.25, -0.2) is 0 Å². The van der Waals surface area contributed by atoms with Gasteiger partial charge in [-0.05, 0) is 6.07 Å². The number of hydrogen-bond acceptors (Lipinski definition) is 3. The molecule has 1 rings (SSSR count). The van der Waals surface area contributed by atoms with Gasteiger partial charge in [-0.2, -0.15) is 0 Å². The molecule has 0 aromatic carbocycles. The first-order valence-corrected chi connectivity index (χ1v) is 5.24. The molecular formula is C9H12BrN3O. The number of nitrogens with zero attached hydrogens (tertiary/aromatic N) is 2. The van der Waals surface area contributed by atoms with Gasteiger partial charge in [0.1, 0.15) is 0 Å². The van der Waals surface area contributed by atoms with Crippen molar-refractivity contribution in [2.75, 3.05) is 29.6 Å². The van der Waals surface area contributed by atoms with E-state index in [-0.39, 0.29) is 11.2 Å². The number of alkyl halides is 1. The summed E-state index contributed by atoms with van der Waals surface area (Å²) >= 11 is 3.09. The molecule has 0 aliphatic rings. The molecule has 0 radical (unpaired) electrons. The van der Waals surface area contributed by atoms with E-state index in [1.54, 1.807) is 12.4 Å². The van der Waals surface area contributed by atoms with Crippen LogP contribution in [0.1, 0.15) is 0 Å². The predicted octanol–water partition coefficient (Wildman–Crippen LogP) is 1.48. The minimum Gasteiger partial charge on any atom is -0.376 e. The van der Waals surface area contributed by atoms with Gasteiger partial charge in [0, 0.05) is 20.3 Å². The van der Waals surface area contributed by atoms with Gasteiger partial charge in [-0.1, -0.05) is 15.9 Å². The second-order valence-electron chi connectivity index (χ2n) is 2.97. The number of anilines is 2. The molecule has 1 heterocycles. The zero-order valence-corrected chi connectivity index (χ0v) is 9.71. The van der Waals surface area contributed by atoms with Crippen LogP contribution in [0.3, 0.4) is 0 Å². The van der Waals surface area contributed by atoms with E-state index in [1.807, 2.05) is 25.1 Å². The highest BCUT2D eigenvalue weighted by molar-refractivity contribution is 9.09. The second-order valence-corrected chi connectivity index (χ2v) is 3.53. The Hall–Kier alpha value is -1.10. The lowest BCUT2D eigenvalue weighted by atomic mass is 10.3. The van der Waals surface area contributed by atoms with Crippen LogP contribution in [0.25, 0.3) is 0 Å². The normalized spacial score (nSPS) is 9.64. The Balaban J connectivity index is 2.90. The van der Waals surface area contributed by atoms with Crippen molar-refractivity contribution in [3.8, 4) is 0 Å². The molecule has 0 aliphatic heterocycles. The number of rotatable bonds is 3. The molecule has 0 spiro atoms. The summed E-state index contributed by atoms with van der Waals surface area (Å²) in [5.74, 6) is -0.0823. The average molecular weight is 258 g/mol. The maximum absolute atomic E-state index is 11.2. The van der Waals surface area contributed by atoms with Crippen molar-refractivity contribution < 1.29 is 4.79 Å². The van der Waals surface area contributed by atoms with Crippen LogP contribution in [-0.4, -0.2) is 30.3 Å². The molecule has 0 fully saturated rings. The Kier molecular flexibility index (Phi) is 3.88. The lowest BCUT2D eigenvalue weighted by Gasteiger charge is -2.16. The SMILES string of the molecule is CN(C)c1ccncc1NC(=O)CBr. The molecule has 76 valence electrons. The van der Waals surface area contributed by atoms with E-state index in [1.165, 1.54) is 0 Å². The van der Waals surface area contributed by atoms with E-state index >= 15 is 0 Å². The van der Waals surface area contributed by atoms with E-state index in [2.05, 4.69) is 26.2 Å². The fraction of sp³-hybridized carbons (Fsp3) is 0.333. The number of carbonyl (C=O) groups is 1. The maximum Gasteiger partial charge on any atom is 0.235 e. The summed E-state index contributed by atoms with van der Waals surface area (Å²) in [6.45, 7) is 0. The van der Waals surface area contributed by atoms with E-state index in [0.29, 0.717) is 0 Å². The van der Waals surface area contributed by atoms with Crippen LogP contribution in [0.15, 0.2) is 18.5 Å². The van der Waals surface area contributed by atoms with E-state index in [9.17, 15) is 4.79 Å². The number of halogens is 1. The van der Waals surface area contributed by atoms with E-state index in [0.717, 1.165) is 11.4 Å². The zero-order chi connectivity index (χ0) is 10.6. The number of amides is 1. The molecule has 0 unspecified atom stereocenters. The first-order valence-electron chi connectivity index (χ1n) is 4.12. The lowest BCUT2D eigenvalue weighted by Crippen LogP contribution is -2.17. The highest BCUT2D eigenvalue weighted by atomic mass is 79.9. The summed E-state index contributed by atoms with van der Waals surface area (Å²) in [7, 11) is 3.83. The van der Waals surface area contributed by atoms with Crippen molar-refractivity contribution in [2.45, 2.75) is 0 Å². The number of carbonyl (C=O) groups excluding carboxylic acids is 1. The van der Waals surface area contributed by atoms with Crippen molar-refractivity contribution in [1.82, 2.24) is 4.98 Å². The third kappa shape index (κ3) is 2.70. The fourth-order valence-corrected chi connectivity index (χ4v) is 1.20. The molecule has 5 heteroatoms. The molecule has 14 heavy (non-hydrogen) atoms. The van der Waals surface area contributed by atoms with Gasteiger partial charge in [0.2, 0.25) is 5.91 Å². The highest BCUT2D eigenvalue weighted by Gasteiger charge is 2.06. The summed E-state index contributed by atoms with van der Waals surface area (Å²) in [5, 5.41) is 3.04. The van der Waals surface area contributed by atoms with E-state index in [4.69, 9.17) is 0 Å². The summed E-state index contributed by atoms with van der Waals surface area (Å²) < 4.78 is 0. The maximum atomic E-state index is 11.2. The van der Waals surface area contributed by atoms with Crippen LogP contribution in [0.4, 0.5) is 11.4 Å². The predicted molar refractivity (Wildman–Crippen MR) is 61.0 cm³/mol. The van der Waals surface area contributed by atoms with Crippen molar-refractivity contribution in [3.05, 3.63) is 18.5 Å².